The number of fused-ring (bicyclic) bond motifs is 25. The fraction of sp³-hybridized carbons (Fsp3) is 0.931. The molecule has 454 valence electrons. The van der Waals surface area contributed by atoms with Crippen LogP contribution in [0.25, 0.3) is 0 Å². The summed E-state index contributed by atoms with van der Waals surface area (Å²) in [5.74, 6) is 9.89. The van der Waals surface area contributed by atoms with Gasteiger partial charge in [0.25, 0.3) is 0 Å². The van der Waals surface area contributed by atoms with Gasteiger partial charge in [-0.3, -0.25) is 24.0 Å². The van der Waals surface area contributed by atoms with Crippen LogP contribution in [0.2, 0.25) is 0 Å². The molecule has 29 atom stereocenters. The molecule has 0 aromatic carbocycles. The normalized spacial score (nSPS) is 48.2. The van der Waals surface area contributed by atoms with E-state index in [1.165, 1.54) is 96.3 Å². The van der Waals surface area contributed by atoms with Crippen LogP contribution in [0.4, 0.5) is 0 Å². The van der Waals surface area contributed by atoms with Crippen molar-refractivity contribution in [3.8, 4) is 0 Å². The number of hydrogen-bond acceptors (Lipinski definition) is 10. The summed E-state index contributed by atoms with van der Waals surface area (Å²) in [6.07, 6.45) is 28.8. The average molecular weight is 1130 g/mol. The molecular formula is C72H106O10. The van der Waals surface area contributed by atoms with Crippen LogP contribution in [-0.2, 0) is 47.7 Å². The van der Waals surface area contributed by atoms with E-state index in [-0.39, 0.29) is 86.0 Å². The van der Waals surface area contributed by atoms with Gasteiger partial charge in [-0.1, -0.05) is 39.0 Å². The maximum atomic E-state index is 16.3. The molecular weight excluding hydrogens is 1020 g/mol. The third-order valence-electron chi connectivity index (χ3n) is 29.6. The number of carbonyl (C=O) groups excluding carboxylic acids is 5. The maximum absolute atomic E-state index is 16.3. The van der Waals surface area contributed by atoms with Crippen LogP contribution < -0.4 is 0 Å². The van der Waals surface area contributed by atoms with Gasteiger partial charge in [0.1, 0.15) is 30.5 Å². The third-order valence-corrected chi connectivity index (χ3v) is 29.6. The summed E-state index contributed by atoms with van der Waals surface area (Å²) in [7, 11) is 0. The lowest BCUT2D eigenvalue weighted by Crippen LogP contribution is -2.51. The molecule has 0 aromatic heterocycles. The van der Waals surface area contributed by atoms with E-state index in [1.54, 1.807) is 0 Å². The molecule has 10 bridgehead atoms. The second-order valence-corrected chi connectivity index (χ2v) is 34.7. The minimum atomic E-state index is -1.43. The molecule has 15 rings (SSSR count). The van der Waals surface area contributed by atoms with Gasteiger partial charge in [0.2, 0.25) is 0 Å². The maximum Gasteiger partial charge on any atom is 0.312 e. The van der Waals surface area contributed by atoms with Crippen LogP contribution in [0.5, 0.6) is 0 Å². The van der Waals surface area contributed by atoms with E-state index >= 15 is 24.0 Å². The van der Waals surface area contributed by atoms with E-state index in [0.29, 0.717) is 101 Å². The highest BCUT2D eigenvalue weighted by Gasteiger charge is 2.64. The molecule has 82 heavy (non-hydrogen) atoms. The molecule has 10 heteroatoms. The third kappa shape index (κ3) is 8.96. The molecule has 29 unspecified atom stereocenters. The molecule has 15 fully saturated rings. The van der Waals surface area contributed by atoms with E-state index in [4.69, 9.17) is 23.7 Å². The van der Waals surface area contributed by atoms with Gasteiger partial charge < -0.3 is 23.7 Å². The van der Waals surface area contributed by atoms with Gasteiger partial charge in [0.15, 0.2) is 0 Å². The SMILES string of the molecule is CCC(C)(CC(C)(CC(C)(CC(C)(CC(C)(C)C(=O)OC1CC2CC1C1CCCC21)C(=O)OC1CC2CC1C1CCCC21)C(=O)OC1CC2CC1C1CCCC21)C(=O)OC1CC2CC1C1CCCC21)C(=O)OC1CC2CC1C1CCCC21. The number of rotatable bonds is 19. The Morgan fingerprint density at radius 2 is 0.500 bits per heavy atom. The van der Waals surface area contributed by atoms with Crippen molar-refractivity contribution in [2.45, 2.75) is 272 Å². The molecule has 0 aliphatic heterocycles. The Bertz CT molecular complexity index is 2540. The number of esters is 5. The Morgan fingerprint density at radius 1 is 0.280 bits per heavy atom. The molecule has 0 aromatic rings. The second-order valence-electron chi connectivity index (χ2n) is 34.7. The van der Waals surface area contributed by atoms with Gasteiger partial charge in [0.05, 0.1) is 27.1 Å². The smallest absolute Gasteiger partial charge is 0.312 e. The summed E-state index contributed by atoms with van der Waals surface area (Å²) in [5.41, 5.74) is -6.31. The van der Waals surface area contributed by atoms with Gasteiger partial charge in [-0.15, -0.1) is 0 Å². The minimum absolute atomic E-state index is 0.0216. The lowest BCUT2D eigenvalue weighted by molar-refractivity contribution is -0.184. The Hall–Kier alpha value is -2.65. The lowest BCUT2D eigenvalue weighted by atomic mass is 9.59. The number of hydrogen-bond donors (Lipinski definition) is 0. The van der Waals surface area contributed by atoms with Crippen molar-refractivity contribution < 1.29 is 47.7 Å². The fourth-order valence-corrected chi connectivity index (χ4v) is 26.7. The van der Waals surface area contributed by atoms with Crippen molar-refractivity contribution in [3.63, 3.8) is 0 Å². The van der Waals surface area contributed by atoms with Crippen LogP contribution in [0.3, 0.4) is 0 Å². The van der Waals surface area contributed by atoms with Crippen molar-refractivity contribution in [1.29, 1.82) is 0 Å². The van der Waals surface area contributed by atoms with E-state index in [1.807, 2.05) is 41.5 Å². The predicted octanol–water partition coefficient (Wildman–Crippen LogP) is 14.8. The molecule has 15 aliphatic rings. The summed E-state index contributed by atoms with van der Waals surface area (Å²) < 4.78 is 34.5. The lowest BCUT2D eigenvalue weighted by Gasteiger charge is -2.46. The summed E-state index contributed by atoms with van der Waals surface area (Å²) in [4.78, 5) is 78.7. The monoisotopic (exact) mass is 1130 g/mol. The van der Waals surface area contributed by atoms with Crippen molar-refractivity contribution >= 4 is 29.8 Å². The largest absolute Gasteiger partial charge is 0.462 e. The zero-order valence-corrected chi connectivity index (χ0v) is 51.7. The van der Waals surface area contributed by atoms with Crippen LogP contribution in [0.15, 0.2) is 0 Å². The highest BCUT2D eigenvalue weighted by molar-refractivity contribution is 5.85. The predicted molar refractivity (Wildman–Crippen MR) is 310 cm³/mol. The van der Waals surface area contributed by atoms with Gasteiger partial charge in [-0.25, -0.2) is 0 Å². The van der Waals surface area contributed by atoms with Gasteiger partial charge in [-0.2, -0.15) is 0 Å². The fourth-order valence-electron chi connectivity index (χ4n) is 26.7. The van der Waals surface area contributed by atoms with Crippen molar-refractivity contribution in [1.82, 2.24) is 0 Å². The molecule has 10 nitrogen and oxygen atoms in total. The molecule has 0 radical (unpaired) electrons. The molecule has 15 aliphatic carbocycles. The molecule has 0 saturated heterocycles. The van der Waals surface area contributed by atoms with Gasteiger partial charge in [-0.05, 0) is 320 Å². The first-order chi connectivity index (χ1) is 39.2. The van der Waals surface area contributed by atoms with E-state index in [9.17, 15) is 0 Å². The van der Waals surface area contributed by atoms with Crippen LogP contribution in [0.1, 0.15) is 241 Å². The molecule has 0 N–H and O–H groups in total. The minimum Gasteiger partial charge on any atom is -0.462 e. The summed E-state index contributed by atoms with van der Waals surface area (Å²) in [5, 5.41) is 0. The van der Waals surface area contributed by atoms with Crippen LogP contribution in [0, 0.1) is 145 Å². The highest BCUT2D eigenvalue weighted by atomic mass is 16.6. The Kier molecular flexibility index (Phi) is 13.8. The van der Waals surface area contributed by atoms with Gasteiger partial charge >= 0.3 is 29.8 Å². The van der Waals surface area contributed by atoms with E-state index in [0.717, 1.165) is 87.9 Å². The first kappa shape index (κ1) is 55.9. The van der Waals surface area contributed by atoms with Crippen molar-refractivity contribution in [2.75, 3.05) is 0 Å². The summed E-state index contributed by atoms with van der Waals surface area (Å²) in [6, 6.07) is 0. The number of ether oxygens (including phenoxy) is 5. The Balaban J connectivity index is 0.768. The first-order valence-electron chi connectivity index (χ1n) is 35.3. The Morgan fingerprint density at radius 3 is 0.768 bits per heavy atom. The number of carbonyl (C=O) groups is 5. The second kappa shape index (κ2) is 20.2. The Labute approximate surface area is 492 Å². The molecule has 0 spiro atoms. The highest BCUT2D eigenvalue weighted by Crippen LogP contribution is 2.66. The quantitative estimate of drug-likeness (QED) is 0.0910. The molecule has 15 saturated carbocycles. The molecule has 0 heterocycles. The van der Waals surface area contributed by atoms with Crippen molar-refractivity contribution in [3.05, 3.63) is 0 Å². The van der Waals surface area contributed by atoms with E-state index < -0.39 is 27.1 Å². The zero-order valence-electron chi connectivity index (χ0n) is 51.7. The molecule has 0 amide bonds. The zero-order chi connectivity index (χ0) is 56.6. The summed E-state index contributed by atoms with van der Waals surface area (Å²) in [6.45, 7) is 13.8. The van der Waals surface area contributed by atoms with Crippen molar-refractivity contribution in [2.24, 2.45) is 145 Å². The van der Waals surface area contributed by atoms with E-state index in [2.05, 4.69) is 6.92 Å². The summed E-state index contributed by atoms with van der Waals surface area (Å²) >= 11 is 0. The topological polar surface area (TPSA) is 132 Å². The average Bonchev–Trinajstić information content (AvgIpc) is 3.61. The first-order valence-corrected chi connectivity index (χ1v) is 35.3. The standard InChI is InChI=1S/C72H106O10/c1-8-69(4,64(74)79-59-30-39-25-54(59)49-20-10-15-44(39)49)35-71(6,66(76)81-61-32-41-27-56(61)51-22-12-17-46(41)51)37-72(7,67(77)82-62-33-42-28-57(62)52-23-13-18-47(42)52)36-70(5,65(75)80-60-31-40-26-55(60)50-21-11-16-45(40)50)34-68(2,3)63(73)78-58-29-38-24-53(58)48-19-9-14-43(38)48/h38-62H,8-37H2,1-7H3. The van der Waals surface area contributed by atoms with Gasteiger partial charge in [0, 0.05) is 0 Å². The van der Waals surface area contributed by atoms with Crippen LogP contribution in [-0.4, -0.2) is 60.4 Å². The van der Waals surface area contributed by atoms with Crippen LogP contribution >= 0.6 is 0 Å².